The van der Waals surface area contributed by atoms with Gasteiger partial charge < -0.3 is 9.47 Å². The van der Waals surface area contributed by atoms with Crippen molar-refractivity contribution in [3.63, 3.8) is 0 Å². The van der Waals surface area contributed by atoms with E-state index in [-0.39, 0.29) is 5.69 Å². The van der Waals surface area contributed by atoms with E-state index in [1.165, 1.54) is 0 Å². The average molecular weight is 308 g/mol. The van der Waals surface area contributed by atoms with Gasteiger partial charge in [-0.25, -0.2) is 4.79 Å². The molecule has 3 aromatic rings. The van der Waals surface area contributed by atoms with Crippen molar-refractivity contribution < 1.29 is 14.3 Å². The highest BCUT2D eigenvalue weighted by Gasteiger charge is 2.17. The Bertz CT molecular complexity index is 845. The maximum Gasteiger partial charge on any atom is 0.359 e. The molecule has 0 aliphatic rings. The smallest absolute Gasteiger partial charge is 0.359 e. The van der Waals surface area contributed by atoms with Crippen LogP contribution in [0.1, 0.15) is 17.4 Å². The van der Waals surface area contributed by atoms with Crippen molar-refractivity contribution in [3.05, 3.63) is 54.2 Å². The van der Waals surface area contributed by atoms with E-state index in [1.807, 2.05) is 48.5 Å². The van der Waals surface area contributed by atoms with Gasteiger partial charge in [0.25, 0.3) is 0 Å². The third-order valence-corrected chi connectivity index (χ3v) is 3.52. The van der Waals surface area contributed by atoms with Crippen LogP contribution in [0.25, 0.3) is 22.0 Å². The topological polar surface area (TPSA) is 61.3 Å². The first-order chi connectivity index (χ1) is 11.2. The zero-order chi connectivity index (χ0) is 16.2. The molecule has 0 fully saturated rings. The van der Waals surface area contributed by atoms with Crippen molar-refractivity contribution in [1.82, 2.24) is 10.2 Å². The van der Waals surface area contributed by atoms with Crippen molar-refractivity contribution in [2.45, 2.75) is 6.92 Å². The number of nitrogens with zero attached hydrogens (tertiary/aromatic N) is 2. The van der Waals surface area contributed by atoms with Crippen molar-refractivity contribution in [3.8, 4) is 17.0 Å². The lowest BCUT2D eigenvalue weighted by Crippen LogP contribution is -2.09. The molecule has 0 N–H and O–H groups in total. The molecule has 1 heterocycles. The van der Waals surface area contributed by atoms with E-state index >= 15 is 0 Å². The largest absolute Gasteiger partial charge is 0.497 e. The van der Waals surface area contributed by atoms with Gasteiger partial charge in [0.1, 0.15) is 11.4 Å². The number of hydrogen-bond donors (Lipinski definition) is 0. The third kappa shape index (κ3) is 2.85. The summed E-state index contributed by atoms with van der Waals surface area (Å²) >= 11 is 0. The van der Waals surface area contributed by atoms with E-state index in [9.17, 15) is 4.79 Å². The van der Waals surface area contributed by atoms with Gasteiger partial charge in [-0.05, 0) is 31.2 Å². The lowest BCUT2D eigenvalue weighted by Gasteiger charge is -2.09. The van der Waals surface area contributed by atoms with Crippen LogP contribution in [0.15, 0.2) is 48.5 Å². The van der Waals surface area contributed by atoms with E-state index in [4.69, 9.17) is 9.47 Å². The monoisotopic (exact) mass is 308 g/mol. The lowest BCUT2D eigenvalue weighted by atomic mass is 10.0. The number of benzene rings is 2. The number of esters is 1. The standard InChI is InChI=1S/C18H16N2O3/c1-3-23-18(21)17-15-7-5-4-6-14(15)16(19-20-17)12-8-10-13(22-2)11-9-12/h4-11H,3H2,1-2H3. The Balaban J connectivity index is 2.15. The van der Waals surface area contributed by atoms with Crippen molar-refractivity contribution >= 4 is 16.7 Å². The van der Waals surface area contributed by atoms with Crippen LogP contribution in [0.5, 0.6) is 5.75 Å². The van der Waals surface area contributed by atoms with Crippen LogP contribution in [-0.4, -0.2) is 29.9 Å². The Morgan fingerprint density at radius 1 is 1.00 bits per heavy atom. The summed E-state index contributed by atoms with van der Waals surface area (Å²) < 4.78 is 10.2. The highest BCUT2D eigenvalue weighted by Crippen LogP contribution is 2.28. The molecule has 5 nitrogen and oxygen atoms in total. The second kappa shape index (κ2) is 6.44. The minimum atomic E-state index is -0.461. The maximum absolute atomic E-state index is 12.0. The molecule has 23 heavy (non-hydrogen) atoms. The lowest BCUT2D eigenvalue weighted by molar-refractivity contribution is 0.0521. The summed E-state index contributed by atoms with van der Waals surface area (Å²) in [6.45, 7) is 2.06. The third-order valence-electron chi connectivity index (χ3n) is 3.52. The van der Waals surface area contributed by atoms with Crippen LogP contribution in [0.4, 0.5) is 0 Å². The quantitative estimate of drug-likeness (QED) is 0.690. The summed E-state index contributed by atoms with van der Waals surface area (Å²) in [5.41, 5.74) is 1.86. The molecule has 0 radical (unpaired) electrons. The molecule has 0 amide bonds. The molecule has 0 saturated carbocycles. The number of ether oxygens (including phenoxy) is 2. The van der Waals surface area contributed by atoms with E-state index in [2.05, 4.69) is 10.2 Å². The molecule has 116 valence electrons. The van der Waals surface area contributed by atoms with Crippen molar-refractivity contribution in [2.75, 3.05) is 13.7 Å². The van der Waals surface area contributed by atoms with E-state index in [1.54, 1.807) is 14.0 Å². The summed E-state index contributed by atoms with van der Waals surface area (Å²) in [5, 5.41) is 9.92. The minimum Gasteiger partial charge on any atom is -0.497 e. The molecule has 0 aliphatic carbocycles. The van der Waals surface area contributed by atoms with Crippen LogP contribution >= 0.6 is 0 Å². The highest BCUT2D eigenvalue weighted by molar-refractivity contribution is 6.06. The van der Waals surface area contributed by atoms with Gasteiger partial charge in [-0.2, -0.15) is 0 Å². The van der Waals surface area contributed by atoms with Crippen molar-refractivity contribution in [1.29, 1.82) is 0 Å². The highest BCUT2D eigenvalue weighted by atomic mass is 16.5. The number of methoxy groups -OCH3 is 1. The van der Waals surface area contributed by atoms with Crippen LogP contribution < -0.4 is 4.74 Å². The Kier molecular flexibility index (Phi) is 4.19. The van der Waals surface area contributed by atoms with Crippen LogP contribution in [0.3, 0.4) is 0 Å². The van der Waals surface area contributed by atoms with E-state index in [0.717, 1.165) is 27.8 Å². The molecular formula is C18H16N2O3. The Hall–Kier alpha value is -2.95. The SMILES string of the molecule is CCOC(=O)c1nnc(-c2ccc(OC)cc2)c2ccccc12. The second-order valence-electron chi connectivity index (χ2n) is 4.89. The van der Waals surface area contributed by atoms with E-state index in [0.29, 0.717) is 6.61 Å². The molecule has 0 saturated heterocycles. The first kappa shape index (κ1) is 15.0. The molecule has 0 unspecified atom stereocenters. The van der Waals surface area contributed by atoms with Gasteiger partial charge in [0.2, 0.25) is 0 Å². The summed E-state index contributed by atoms with van der Waals surface area (Å²) in [7, 11) is 1.62. The van der Waals surface area contributed by atoms with E-state index < -0.39 is 5.97 Å². The Labute approximate surface area is 133 Å². The van der Waals surface area contributed by atoms with Gasteiger partial charge in [-0.1, -0.05) is 24.3 Å². The van der Waals surface area contributed by atoms with Crippen LogP contribution in [0.2, 0.25) is 0 Å². The van der Waals surface area contributed by atoms with Gasteiger partial charge in [0.15, 0.2) is 5.69 Å². The fourth-order valence-electron chi connectivity index (χ4n) is 2.42. The number of carbonyl (C=O) groups is 1. The van der Waals surface area contributed by atoms with Crippen LogP contribution in [0, 0.1) is 0 Å². The summed E-state index contributed by atoms with van der Waals surface area (Å²) in [4.78, 5) is 12.0. The summed E-state index contributed by atoms with van der Waals surface area (Å²) in [5.74, 6) is 0.312. The number of hydrogen-bond acceptors (Lipinski definition) is 5. The average Bonchev–Trinajstić information content (AvgIpc) is 2.61. The second-order valence-corrected chi connectivity index (χ2v) is 4.89. The van der Waals surface area contributed by atoms with Gasteiger partial charge in [-0.15, -0.1) is 10.2 Å². The molecule has 0 bridgehead atoms. The van der Waals surface area contributed by atoms with Crippen molar-refractivity contribution in [2.24, 2.45) is 0 Å². The minimum absolute atomic E-state index is 0.236. The molecule has 1 aromatic heterocycles. The number of rotatable bonds is 4. The number of fused-ring (bicyclic) bond motifs is 1. The zero-order valence-electron chi connectivity index (χ0n) is 12.9. The predicted molar refractivity (Wildman–Crippen MR) is 87.5 cm³/mol. The Morgan fingerprint density at radius 3 is 2.35 bits per heavy atom. The fraction of sp³-hybridized carbons (Fsp3) is 0.167. The molecule has 5 heteroatoms. The number of aromatic nitrogens is 2. The zero-order valence-corrected chi connectivity index (χ0v) is 12.9. The molecule has 0 spiro atoms. The Morgan fingerprint density at radius 2 is 1.70 bits per heavy atom. The molecular weight excluding hydrogens is 292 g/mol. The summed E-state index contributed by atoms with van der Waals surface area (Å²) in [6, 6.07) is 15.1. The molecule has 2 aromatic carbocycles. The van der Waals surface area contributed by atoms with Gasteiger partial charge >= 0.3 is 5.97 Å². The summed E-state index contributed by atoms with van der Waals surface area (Å²) in [6.07, 6.45) is 0. The first-order valence-electron chi connectivity index (χ1n) is 7.31. The molecule has 0 atom stereocenters. The van der Waals surface area contributed by atoms with Crippen LogP contribution in [-0.2, 0) is 4.74 Å². The van der Waals surface area contributed by atoms with Gasteiger partial charge in [0, 0.05) is 16.3 Å². The predicted octanol–water partition coefficient (Wildman–Crippen LogP) is 3.48. The first-order valence-corrected chi connectivity index (χ1v) is 7.31. The fourth-order valence-corrected chi connectivity index (χ4v) is 2.42. The maximum atomic E-state index is 12.0. The van der Waals surface area contributed by atoms with Gasteiger partial charge in [0.05, 0.1) is 13.7 Å². The number of carbonyl (C=O) groups excluding carboxylic acids is 1. The molecule has 3 rings (SSSR count). The van der Waals surface area contributed by atoms with Gasteiger partial charge in [-0.3, -0.25) is 0 Å². The normalized spacial score (nSPS) is 10.5. The molecule has 0 aliphatic heterocycles.